The summed E-state index contributed by atoms with van der Waals surface area (Å²) in [6, 6.07) is 32.1. The molecule has 1 aromatic heterocycles. The standard InChI is InChI=1S/C26H21ClNOS/c1-28-24(20-10-6-3-7-11-20)16-22(19-8-4-2-5-9-19)17-26(28)30-18-25(29)21-12-14-23(27)15-13-21/h2-17H,18H2,1H3/q+1. The van der Waals surface area contributed by atoms with Crippen molar-refractivity contribution in [1.82, 2.24) is 0 Å². The summed E-state index contributed by atoms with van der Waals surface area (Å²) in [5.74, 6) is 0.449. The van der Waals surface area contributed by atoms with Crippen LogP contribution in [-0.2, 0) is 7.05 Å². The Balaban J connectivity index is 1.69. The second-order valence-electron chi connectivity index (χ2n) is 6.98. The summed E-state index contributed by atoms with van der Waals surface area (Å²) in [4.78, 5) is 12.7. The second-order valence-corrected chi connectivity index (χ2v) is 8.41. The summed E-state index contributed by atoms with van der Waals surface area (Å²) in [7, 11) is 2.05. The summed E-state index contributed by atoms with van der Waals surface area (Å²) in [5, 5.41) is 1.67. The summed E-state index contributed by atoms with van der Waals surface area (Å²) < 4.78 is 2.15. The summed E-state index contributed by atoms with van der Waals surface area (Å²) in [6.07, 6.45) is 0. The third kappa shape index (κ3) is 4.64. The molecule has 0 aliphatic heterocycles. The van der Waals surface area contributed by atoms with E-state index in [4.69, 9.17) is 11.6 Å². The van der Waals surface area contributed by atoms with E-state index in [9.17, 15) is 4.79 Å². The van der Waals surface area contributed by atoms with E-state index < -0.39 is 0 Å². The van der Waals surface area contributed by atoms with Crippen LogP contribution in [0.5, 0.6) is 0 Å². The van der Waals surface area contributed by atoms with Crippen molar-refractivity contribution in [2.24, 2.45) is 7.05 Å². The molecule has 30 heavy (non-hydrogen) atoms. The van der Waals surface area contributed by atoms with Crippen molar-refractivity contribution in [2.45, 2.75) is 5.03 Å². The number of halogens is 1. The number of hydrogen-bond acceptors (Lipinski definition) is 2. The number of thioether (sulfide) groups is 1. The van der Waals surface area contributed by atoms with Crippen LogP contribution in [-0.4, -0.2) is 11.5 Å². The first kappa shape index (κ1) is 20.4. The molecule has 0 aliphatic rings. The minimum atomic E-state index is 0.0861. The van der Waals surface area contributed by atoms with Crippen LogP contribution in [0.25, 0.3) is 22.4 Å². The number of Topliss-reactive ketones (excluding diaryl/α,β-unsaturated/α-hetero) is 1. The quantitative estimate of drug-likeness (QED) is 0.198. The molecule has 0 aliphatic carbocycles. The number of rotatable bonds is 6. The predicted octanol–water partition coefficient (Wildman–Crippen LogP) is 6.47. The zero-order valence-electron chi connectivity index (χ0n) is 16.6. The van der Waals surface area contributed by atoms with Crippen molar-refractivity contribution >= 4 is 29.1 Å². The number of carbonyl (C=O) groups excluding carboxylic acids is 1. The molecule has 4 heteroatoms. The lowest BCUT2D eigenvalue weighted by atomic mass is 10.0. The van der Waals surface area contributed by atoms with E-state index in [2.05, 4.69) is 41.0 Å². The first-order chi connectivity index (χ1) is 14.6. The highest BCUT2D eigenvalue weighted by Gasteiger charge is 2.19. The maximum absolute atomic E-state index is 12.7. The van der Waals surface area contributed by atoms with Crippen molar-refractivity contribution in [1.29, 1.82) is 0 Å². The number of pyridine rings is 1. The summed E-state index contributed by atoms with van der Waals surface area (Å²) >= 11 is 7.49. The highest BCUT2D eigenvalue weighted by atomic mass is 35.5. The molecule has 1 heterocycles. The van der Waals surface area contributed by atoms with Gasteiger partial charge in [0.1, 0.15) is 7.05 Å². The van der Waals surface area contributed by atoms with Gasteiger partial charge in [0.15, 0.2) is 5.78 Å². The lowest BCUT2D eigenvalue weighted by Crippen LogP contribution is -2.34. The Morgan fingerprint density at radius 1 is 0.800 bits per heavy atom. The van der Waals surface area contributed by atoms with Gasteiger partial charge in [-0.3, -0.25) is 4.79 Å². The van der Waals surface area contributed by atoms with E-state index in [1.807, 2.05) is 43.4 Å². The topological polar surface area (TPSA) is 20.9 Å². The van der Waals surface area contributed by atoms with Crippen LogP contribution in [0.2, 0.25) is 5.02 Å². The Labute approximate surface area is 186 Å². The average Bonchev–Trinajstić information content (AvgIpc) is 2.80. The molecular weight excluding hydrogens is 410 g/mol. The molecule has 0 fully saturated rings. The normalized spacial score (nSPS) is 10.7. The van der Waals surface area contributed by atoms with Crippen molar-refractivity contribution in [3.8, 4) is 22.4 Å². The number of nitrogens with zero attached hydrogens (tertiary/aromatic N) is 1. The zero-order chi connectivity index (χ0) is 20.9. The maximum Gasteiger partial charge on any atom is 0.241 e. The Hall–Kier alpha value is -2.88. The van der Waals surface area contributed by atoms with Crippen LogP contribution in [0.1, 0.15) is 10.4 Å². The lowest BCUT2D eigenvalue weighted by Gasteiger charge is -2.09. The SMILES string of the molecule is C[n+]1c(SCC(=O)c2ccc(Cl)cc2)cc(-c2ccccc2)cc1-c1ccccc1. The minimum Gasteiger partial charge on any atom is -0.293 e. The van der Waals surface area contributed by atoms with Gasteiger partial charge in [-0.05, 0) is 59.3 Å². The molecule has 0 saturated carbocycles. The first-order valence-electron chi connectivity index (χ1n) is 9.68. The second kappa shape index (κ2) is 9.29. The number of benzene rings is 3. The largest absolute Gasteiger partial charge is 0.293 e. The predicted molar refractivity (Wildman–Crippen MR) is 125 cm³/mol. The Morgan fingerprint density at radius 3 is 2.03 bits per heavy atom. The molecule has 148 valence electrons. The van der Waals surface area contributed by atoms with Crippen LogP contribution in [0, 0.1) is 0 Å². The number of carbonyl (C=O) groups is 1. The Morgan fingerprint density at radius 2 is 1.40 bits per heavy atom. The van der Waals surface area contributed by atoms with Crippen LogP contribution < -0.4 is 4.57 Å². The maximum atomic E-state index is 12.7. The van der Waals surface area contributed by atoms with Crippen LogP contribution >= 0.6 is 23.4 Å². The van der Waals surface area contributed by atoms with E-state index in [-0.39, 0.29) is 5.78 Å². The first-order valence-corrected chi connectivity index (χ1v) is 11.0. The fourth-order valence-electron chi connectivity index (χ4n) is 3.31. The van der Waals surface area contributed by atoms with Crippen molar-refractivity contribution in [3.63, 3.8) is 0 Å². The lowest BCUT2D eigenvalue weighted by molar-refractivity contribution is -0.698. The fraction of sp³-hybridized carbons (Fsp3) is 0.0769. The van der Waals surface area contributed by atoms with Gasteiger partial charge in [-0.1, -0.05) is 60.1 Å². The third-order valence-electron chi connectivity index (χ3n) is 4.96. The third-order valence-corrected chi connectivity index (χ3v) is 6.30. The molecule has 0 saturated heterocycles. The molecular formula is C26H21ClNOS+. The van der Waals surface area contributed by atoms with Gasteiger partial charge in [0, 0.05) is 28.3 Å². The van der Waals surface area contributed by atoms with Crippen molar-refractivity contribution in [2.75, 3.05) is 5.75 Å². The van der Waals surface area contributed by atoms with Crippen molar-refractivity contribution in [3.05, 3.63) is 108 Å². The molecule has 2 nitrogen and oxygen atoms in total. The summed E-state index contributed by atoms with van der Waals surface area (Å²) in [5.41, 5.74) is 5.22. The highest BCUT2D eigenvalue weighted by Crippen LogP contribution is 2.28. The average molecular weight is 431 g/mol. The van der Waals surface area contributed by atoms with Gasteiger partial charge in [0.05, 0.1) is 5.75 Å². The zero-order valence-corrected chi connectivity index (χ0v) is 18.2. The number of hydrogen-bond donors (Lipinski definition) is 0. The molecule has 0 radical (unpaired) electrons. The van der Waals surface area contributed by atoms with Gasteiger partial charge in [-0.25, -0.2) is 0 Å². The molecule has 4 rings (SSSR count). The van der Waals surface area contributed by atoms with Crippen LogP contribution in [0.3, 0.4) is 0 Å². The molecule has 0 unspecified atom stereocenters. The number of aromatic nitrogens is 1. The molecule has 0 atom stereocenters. The molecule has 0 amide bonds. The smallest absolute Gasteiger partial charge is 0.241 e. The molecule has 3 aromatic carbocycles. The van der Waals surface area contributed by atoms with Crippen LogP contribution in [0.4, 0.5) is 0 Å². The fourth-order valence-corrected chi connectivity index (χ4v) is 4.39. The highest BCUT2D eigenvalue weighted by molar-refractivity contribution is 7.99. The molecule has 0 bridgehead atoms. The summed E-state index contributed by atoms with van der Waals surface area (Å²) in [6.45, 7) is 0. The van der Waals surface area contributed by atoms with Crippen molar-refractivity contribution < 1.29 is 9.36 Å². The number of ketones is 1. The molecule has 0 N–H and O–H groups in total. The van der Waals surface area contributed by atoms with Gasteiger partial charge in [-0.15, -0.1) is 0 Å². The Kier molecular flexibility index (Phi) is 6.32. The van der Waals surface area contributed by atoms with Gasteiger partial charge >= 0.3 is 0 Å². The van der Waals surface area contributed by atoms with Gasteiger partial charge in [0.2, 0.25) is 10.7 Å². The monoisotopic (exact) mass is 430 g/mol. The van der Waals surface area contributed by atoms with Gasteiger partial charge < -0.3 is 0 Å². The van der Waals surface area contributed by atoms with E-state index in [1.165, 1.54) is 0 Å². The van der Waals surface area contributed by atoms with E-state index in [0.29, 0.717) is 16.3 Å². The Bertz CT molecular complexity index is 1160. The van der Waals surface area contributed by atoms with Crippen LogP contribution in [0.15, 0.2) is 102 Å². The van der Waals surface area contributed by atoms with E-state index in [1.54, 1.807) is 36.0 Å². The molecule has 4 aromatic rings. The minimum absolute atomic E-state index is 0.0861. The van der Waals surface area contributed by atoms with E-state index in [0.717, 1.165) is 27.4 Å². The molecule has 0 spiro atoms. The van der Waals surface area contributed by atoms with Gasteiger partial charge in [-0.2, -0.15) is 4.57 Å². The van der Waals surface area contributed by atoms with Gasteiger partial charge in [0.25, 0.3) is 0 Å². The van der Waals surface area contributed by atoms with E-state index >= 15 is 0 Å².